The Morgan fingerprint density at radius 1 is 1.10 bits per heavy atom. The van der Waals surface area contributed by atoms with E-state index in [9.17, 15) is 22.8 Å². The standard InChI is InChI=1S/C20H20F3N3O3/c1-26-7-6-13(10-26)19(27)24-18(20(28)25-29)12-4-2-11(3-5-12)14-8-15(21)17(23)16(22)9-14/h2-5,8-9,13,18,29H,6-7,10H2,1H3,(H,24,27)(H,25,28). The molecule has 1 saturated heterocycles. The van der Waals surface area contributed by atoms with Crippen LogP contribution in [0, 0.1) is 23.4 Å². The molecular weight excluding hydrogens is 387 g/mol. The van der Waals surface area contributed by atoms with Gasteiger partial charge in [-0.3, -0.25) is 14.8 Å². The van der Waals surface area contributed by atoms with Crippen molar-refractivity contribution >= 4 is 11.8 Å². The Balaban J connectivity index is 1.82. The van der Waals surface area contributed by atoms with Crippen LogP contribution in [0.3, 0.4) is 0 Å². The predicted molar refractivity (Wildman–Crippen MR) is 98.2 cm³/mol. The van der Waals surface area contributed by atoms with Crippen molar-refractivity contribution < 1.29 is 28.0 Å². The molecule has 154 valence electrons. The molecule has 1 heterocycles. The highest BCUT2D eigenvalue weighted by molar-refractivity contribution is 5.89. The van der Waals surface area contributed by atoms with Crippen molar-refractivity contribution in [3.8, 4) is 11.1 Å². The normalized spacial score (nSPS) is 17.8. The van der Waals surface area contributed by atoms with Gasteiger partial charge in [-0.15, -0.1) is 0 Å². The van der Waals surface area contributed by atoms with Gasteiger partial charge >= 0.3 is 0 Å². The zero-order valence-electron chi connectivity index (χ0n) is 15.6. The van der Waals surface area contributed by atoms with Crippen LogP contribution in [0.4, 0.5) is 13.2 Å². The fraction of sp³-hybridized carbons (Fsp3) is 0.300. The van der Waals surface area contributed by atoms with Crippen molar-refractivity contribution in [1.82, 2.24) is 15.7 Å². The van der Waals surface area contributed by atoms with Gasteiger partial charge in [0.15, 0.2) is 17.5 Å². The van der Waals surface area contributed by atoms with Gasteiger partial charge in [0, 0.05) is 6.54 Å². The van der Waals surface area contributed by atoms with Gasteiger partial charge < -0.3 is 10.2 Å². The second kappa shape index (κ2) is 8.62. The maximum absolute atomic E-state index is 13.5. The summed E-state index contributed by atoms with van der Waals surface area (Å²) in [6, 6.07) is 6.51. The van der Waals surface area contributed by atoms with Crippen molar-refractivity contribution in [3.63, 3.8) is 0 Å². The van der Waals surface area contributed by atoms with E-state index in [2.05, 4.69) is 5.32 Å². The molecule has 2 atom stereocenters. The lowest BCUT2D eigenvalue weighted by Crippen LogP contribution is -2.42. The van der Waals surface area contributed by atoms with Crippen molar-refractivity contribution in [3.05, 3.63) is 59.4 Å². The first-order chi connectivity index (χ1) is 13.8. The molecule has 3 rings (SSSR count). The molecular formula is C20H20F3N3O3. The number of carbonyl (C=O) groups excluding carboxylic acids is 2. The summed E-state index contributed by atoms with van der Waals surface area (Å²) in [6.07, 6.45) is 0.663. The Kier molecular flexibility index (Phi) is 6.19. The van der Waals surface area contributed by atoms with Crippen LogP contribution in [-0.4, -0.2) is 42.1 Å². The third kappa shape index (κ3) is 4.57. The maximum atomic E-state index is 13.5. The summed E-state index contributed by atoms with van der Waals surface area (Å²) in [5, 5.41) is 11.7. The number of hydroxylamine groups is 1. The first-order valence-electron chi connectivity index (χ1n) is 8.98. The van der Waals surface area contributed by atoms with Crippen LogP contribution >= 0.6 is 0 Å². The SMILES string of the molecule is CN1CCC(C(=O)NC(C(=O)NO)c2ccc(-c3cc(F)c(F)c(F)c3)cc2)C1. The first-order valence-corrected chi connectivity index (χ1v) is 8.98. The maximum Gasteiger partial charge on any atom is 0.270 e. The largest absolute Gasteiger partial charge is 0.340 e. The first kappa shape index (κ1) is 20.8. The van der Waals surface area contributed by atoms with Gasteiger partial charge in [0.1, 0.15) is 6.04 Å². The molecule has 29 heavy (non-hydrogen) atoms. The van der Waals surface area contributed by atoms with E-state index in [1.807, 2.05) is 11.9 Å². The minimum Gasteiger partial charge on any atom is -0.340 e. The lowest BCUT2D eigenvalue weighted by Gasteiger charge is -2.20. The van der Waals surface area contributed by atoms with Crippen molar-refractivity contribution in [2.45, 2.75) is 12.5 Å². The third-order valence-electron chi connectivity index (χ3n) is 4.98. The number of hydrogen-bond donors (Lipinski definition) is 3. The number of likely N-dealkylation sites (tertiary alicyclic amines) is 1. The Hall–Kier alpha value is -2.91. The quantitative estimate of drug-likeness (QED) is 0.404. The molecule has 0 radical (unpaired) electrons. The summed E-state index contributed by atoms with van der Waals surface area (Å²) < 4.78 is 40.1. The molecule has 2 aromatic carbocycles. The fourth-order valence-electron chi connectivity index (χ4n) is 3.36. The number of amides is 2. The zero-order valence-corrected chi connectivity index (χ0v) is 15.6. The molecule has 0 spiro atoms. The number of halogens is 3. The van der Waals surface area contributed by atoms with Crippen LogP contribution in [0.5, 0.6) is 0 Å². The summed E-state index contributed by atoms with van der Waals surface area (Å²) in [4.78, 5) is 26.6. The van der Waals surface area contributed by atoms with Crippen LogP contribution in [0.1, 0.15) is 18.0 Å². The summed E-state index contributed by atoms with van der Waals surface area (Å²) in [7, 11) is 1.89. The van der Waals surface area contributed by atoms with Crippen molar-refractivity contribution in [2.24, 2.45) is 5.92 Å². The summed E-state index contributed by atoms with van der Waals surface area (Å²) in [5.41, 5.74) is 2.40. The van der Waals surface area contributed by atoms with Crippen LogP contribution in [0.15, 0.2) is 36.4 Å². The highest BCUT2D eigenvalue weighted by Gasteiger charge is 2.30. The second-order valence-corrected chi connectivity index (χ2v) is 7.04. The molecule has 0 aliphatic carbocycles. The van der Waals surface area contributed by atoms with E-state index in [1.165, 1.54) is 29.7 Å². The Bertz CT molecular complexity index is 898. The summed E-state index contributed by atoms with van der Waals surface area (Å²) >= 11 is 0. The van der Waals surface area contributed by atoms with Gasteiger partial charge in [-0.1, -0.05) is 24.3 Å². The second-order valence-electron chi connectivity index (χ2n) is 7.04. The fourth-order valence-corrected chi connectivity index (χ4v) is 3.36. The number of hydrogen-bond acceptors (Lipinski definition) is 4. The smallest absolute Gasteiger partial charge is 0.270 e. The van der Waals surface area contributed by atoms with E-state index in [1.54, 1.807) is 0 Å². The number of rotatable bonds is 5. The Labute approximate surface area is 165 Å². The average molecular weight is 407 g/mol. The highest BCUT2D eigenvalue weighted by atomic mass is 19.2. The minimum atomic E-state index is -1.55. The van der Waals surface area contributed by atoms with Gasteiger partial charge in [-0.25, -0.2) is 18.7 Å². The topological polar surface area (TPSA) is 81.7 Å². The summed E-state index contributed by atoms with van der Waals surface area (Å²) in [6.45, 7) is 1.34. The van der Waals surface area contributed by atoms with E-state index in [0.29, 0.717) is 24.1 Å². The van der Waals surface area contributed by atoms with Gasteiger partial charge in [0.25, 0.3) is 5.91 Å². The van der Waals surface area contributed by atoms with Crippen molar-refractivity contribution in [1.29, 1.82) is 0 Å². The minimum absolute atomic E-state index is 0.120. The number of nitrogens with zero attached hydrogens (tertiary/aromatic N) is 1. The molecule has 9 heteroatoms. The van der Waals surface area contributed by atoms with E-state index in [-0.39, 0.29) is 17.4 Å². The molecule has 2 unspecified atom stereocenters. The molecule has 3 N–H and O–H groups in total. The van der Waals surface area contributed by atoms with Crippen LogP contribution < -0.4 is 10.8 Å². The van der Waals surface area contributed by atoms with E-state index < -0.39 is 29.4 Å². The summed E-state index contributed by atoms with van der Waals surface area (Å²) in [5.74, 6) is -5.57. The lowest BCUT2D eigenvalue weighted by atomic mass is 9.99. The molecule has 1 aliphatic heterocycles. The van der Waals surface area contributed by atoms with Crippen molar-refractivity contribution in [2.75, 3.05) is 20.1 Å². The monoisotopic (exact) mass is 407 g/mol. The van der Waals surface area contributed by atoms with E-state index in [4.69, 9.17) is 5.21 Å². The van der Waals surface area contributed by atoms with E-state index in [0.717, 1.165) is 18.7 Å². The average Bonchev–Trinajstić information content (AvgIpc) is 3.15. The van der Waals surface area contributed by atoms with Gasteiger partial charge in [0.2, 0.25) is 5.91 Å². The van der Waals surface area contributed by atoms with Crippen LogP contribution in [0.25, 0.3) is 11.1 Å². The molecule has 0 bridgehead atoms. The van der Waals surface area contributed by atoms with Gasteiger partial charge in [-0.2, -0.15) is 0 Å². The van der Waals surface area contributed by atoms with Crippen LogP contribution in [-0.2, 0) is 9.59 Å². The molecule has 0 aromatic heterocycles. The molecule has 6 nitrogen and oxygen atoms in total. The lowest BCUT2D eigenvalue weighted by molar-refractivity contribution is -0.136. The van der Waals surface area contributed by atoms with Gasteiger partial charge in [-0.05, 0) is 48.8 Å². The molecule has 1 fully saturated rings. The third-order valence-corrected chi connectivity index (χ3v) is 4.98. The number of carbonyl (C=O) groups is 2. The Morgan fingerprint density at radius 3 is 2.24 bits per heavy atom. The van der Waals surface area contributed by atoms with E-state index >= 15 is 0 Å². The zero-order chi connectivity index (χ0) is 21.1. The Morgan fingerprint density at radius 2 is 1.72 bits per heavy atom. The number of nitrogens with one attached hydrogen (secondary N) is 2. The highest BCUT2D eigenvalue weighted by Crippen LogP contribution is 2.26. The van der Waals surface area contributed by atoms with Crippen LogP contribution in [0.2, 0.25) is 0 Å². The molecule has 2 aromatic rings. The number of benzene rings is 2. The molecule has 2 amide bonds. The predicted octanol–water partition coefficient (Wildman–Crippen LogP) is 2.39. The van der Waals surface area contributed by atoms with Gasteiger partial charge in [0.05, 0.1) is 5.92 Å². The molecule has 1 aliphatic rings. The molecule has 0 saturated carbocycles.